The molecule has 0 saturated heterocycles. The first-order valence-corrected chi connectivity index (χ1v) is 5.77. The molecule has 1 rings (SSSR count). The van der Waals surface area contributed by atoms with Crippen molar-refractivity contribution in [2.45, 2.75) is 19.8 Å². The number of nitrogens with one attached hydrogen (secondary N) is 1. The Morgan fingerprint density at radius 3 is 2.61 bits per heavy atom. The van der Waals surface area contributed by atoms with E-state index in [-0.39, 0.29) is 18.2 Å². The Morgan fingerprint density at radius 2 is 2.06 bits per heavy atom. The van der Waals surface area contributed by atoms with Crippen LogP contribution >= 0.6 is 0 Å². The number of carbonyl (C=O) groups excluding carboxylic acids is 1. The topological polar surface area (TPSA) is 81.5 Å². The van der Waals surface area contributed by atoms with Gasteiger partial charge in [0.2, 0.25) is 0 Å². The number of carbonyl (C=O) groups is 1. The fourth-order valence-electron chi connectivity index (χ4n) is 1.26. The minimum atomic E-state index is -0.469. The predicted molar refractivity (Wildman–Crippen MR) is 67.5 cm³/mol. The summed E-state index contributed by atoms with van der Waals surface area (Å²) >= 11 is 0. The van der Waals surface area contributed by atoms with Gasteiger partial charge in [-0.1, -0.05) is 13.3 Å². The van der Waals surface area contributed by atoms with Crippen molar-refractivity contribution < 1.29 is 14.5 Å². The molecule has 0 unspecified atom stereocenters. The molecule has 1 aromatic rings. The number of nitrogens with zero attached hydrogens (tertiary/aromatic N) is 1. The second kappa shape index (κ2) is 7.26. The van der Waals surface area contributed by atoms with Gasteiger partial charge in [-0.05, 0) is 18.6 Å². The second-order valence-electron chi connectivity index (χ2n) is 3.73. The Morgan fingerprint density at radius 1 is 1.39 bits per heavy atom. The van der Waals surface area contributed by atoms with E-state index in [4.69, 9.17) is 4.74 Å². The van der Waals surface area contributed by atoms with Crippen molar-refractivity contribution in [2.75, 3.05) is 18.5 Å². The number of nitro groups is 1. The van der Waals surface area contributed by atoms with Gasteiger partial charge in [0.15, 0.2) is 0 Å². The van der Waals surface area contributed by atoms with Crippen LogP contribution < -0.4 is 5.32 Å². The number of nitro benzene ring substituents is 1. The summed E-state index contributed by atoms with van der Waals surface area (Å²) in [7, 11) is 0. The smallest absolute Gasteiger partial charge is 0.325 e. The first-order valence-electron chi connectivity index (χ1n) is 5.77. The number of benzene rings is 1. The first-order chi connectivity index (χ1) is 8.63. The maximum atomic E-state index is 11.3. The van der Waals surface area contributed by atoms with Crippen molar-refractivity contribution in [1.82, 2.24) is 0 Å². The van der Waals surface area contributed by atoms with E-state index in [1.54, 1.807) is 12.1 Å². The van der Waals surface area contributed by atoms with Crippen LogP contribution in [0.4, 0.5) is 11.4 Å². The van der Waals surface area contributed by atoms with E-state index in [2.05, 4.69) is 5.32 Å². The number of rotatable bonds is 7. The van der Waals surface area contributed by atoms with Gasteiger partial charge >= 0.3 is 5.97 Å². The van der Waals surface area contributed by atoms with E-state index in [0.717, 1.165) is 12.8 Å². The number of unbranched alkanes of at least 4 members (excludes halogenated alkanes) is 1. The molecule has 0 saturated carbocycles. The van der Waals surface area contributed by atoms with Crippen molar-refractivity contribution in [3.63, 3.8) is 0 Å². The molecule has 0 aliphatic heterocycles. The van der Waals surface area contributed by atoms with Gasteiger partial charge in [0.05, 0.1) is 11.5 Å². The van der Waals surface area contributed by atoms with Crippen LogP contribution in [0.1, 0.15) is 19.8 Å². The number of anilines is 1. The number of hydrogen-bond acceptors (Lipinski definition) is 5. The van der Waals surface area contributed by atoms with E-state index in [1.807, 2.05) is 6.92 Å². The molecule has 1 N–H and O–H groups in total. The third-order valence-corrected chi connectivity index (χ3v) is 2.28. The minimum absolute atomic E-state index is 0.0195. The molecule has 0 fully saturated rings. The summed E-state index contributed by atoms with van der Waals surface area (Å²) in [5, 5.41) is 13.3. The molecular formula is C12H16N2O4. The monoisotopic (exact) mass is 252 g/mol. The van der Waals surface area contributed by atoms with Crippen LogP contribution in [0.2, 0.25) is 0 Å². The summed E-state index contributed by atoms with van der Waals surface area (Å²) in [6.07, 6.45) is 1.83. The minimum Gasteiger partial charge on any atom is -0.464 e. The second-order valence-corrected chi connectivity index (χ2v) is 3.73. The average Bonchev–Trinajstić information content (AvgIpc) is 2.37. The molecule has 18 heavy (non-hydrogen) atoms. The lowest BCUT2D eigenvalue weighted by atomic mass is 10.3. The number of ether oxygens (including phenoxy) is 1. The molecule has 98 valence electrons. The van der Waals surface area contributed by atoms with Crippen LogP contribution in [0, 0.1) is 10.1 Å². The highest BCUT2D eigenvalue weighted by molar-refractivity contribution is 5.75. The van der Waals surface area contributed by atoms with E-state index in [9.17, 15) is 14.9 Å². The van der Waals surface area contributed by atoms with Crippen LogP contribution in [0.5, 0.6) is 0 Å². The van der Waals surface area contributed by atoms with E-state index in [1.165, 1.54) is 12.1 Å². The van der Waals surface area contributed by atoms with Crippen LogP contribution in [0.25, 0.3) is 0 Å². The standard InChI is InChI=1S/C12H16N2O4/c1-2-3-8-18-12(15)9-13-10-4-6-11(7-5-10)14(16)17/h4-7,13H,2-3,8-9H2,1H3. The Hall–Kier alpha value is -2.11. The first kappa shape index (κ1) is 14.0. The molecule has 6 heteroatoms. The van der Waals surface area contributed by atoms with E-state index in [0.29, 0.717) is 12.3 Å². The Kier molecular flexibility index (Phi) is 5.63. The molecular weight excluding hydrogens is 236 g/mol. The number of hydrogen-bond donors (Lipinski definition) is 1. The van der Waals surface area contributed by atoms with Gasteiger partial charge in [-0.25, -0.2) is 0 Å². The van der Waals surface area contributed by atoms with Crippen molar-refractivity contribution in [3.05, 3.63) is 34.4 Å². The van der Waals surface area contributed by atoms with E-state index >= 15 is 0 Å². The maximum Gasteiger partial charge on any atom is 0.325 e. The molecule has 0 amide bonds. The van der Waals surface area contributed by atoms with Crippen LogP contribution in [0.15, 0.2) is 24.3 Å². The maximum absolute atomic E-state index is 11.3. The summed E-state index contributed by atoms with van der Waals surface area (Å²) in [4.78, 5) is 21.2. The van der Waals surface area contributed by atoms with Gasteiger partial charge in [-0.3, -0.25) is 14.9 Å². The summed E-state index contributed by atoms with van der Waals surface area (Å²) in [6.45, 7) is 2.50. The third kappa shape index (κ3) is 4.82. The summed E-state index contributed by atoms with van der Waals surface area (Å²) in [5.74, 6) is -0.332. The Bertz CT molecular complexity index is 403. The quantitative estimate of drug-likeness (QED) is 0.348. The molecule has 0 atom stereocenters. The van der Waals surface area contributed by atoms with Crippen molar-refractivity contribution in [1.29, 1.82) is 0 Å². The normalized spacial score (nSPS) is 9.83. The molecule has 0 aliphatic rings. The predicted octanol–water partition coefficient (Wildman–Crippen LogP) is 2.35. The molecule has 0 bridgehead atoms. The fourth-order valence-corrected chi connectivity index (χ4v) is 1.26. The summed E-state index contributed by atoms with van der Waals surface area (Å²) < 4.78 is 4.96. The molecule has 1 aromatic carbocycles. The molecule has 0 spiro atoms. The lowest BCUT2D eigenvalue weighted by Crippen LogP contribution is -2.17. The highest BCUT2D eigenvalue weighted by Gasteiger charge is 2.05. The zero-order chi connectivity index (χ0) is 13.4. The lowest BCUT2D eigenvalue weighted by molar-refractivity contribution is -0.384. The van der Waals surface area contributed by atoms with Gasteiger partial charge in [0.25, 0.3) is 5.69 Å². The molecule has 0 radical (unpaired) electrons. The number of non-ortho nitro benzene ring substituents is 1. The largest absolute Gasteiger partial charge is 0.464 e. The zero-order valence-corrected chi connectivity index (χ0v) is 10.2. The van der Waals surface area contributed by atoms with Crippen molar-refractivity contribution in [3.8, 4) is 0 Å². The SMILES string of the molecule is CCCCOC(=O)CNc1ccc([N+](=O)[O-])cc1. The molecule has 6 nitrogen and oxygen atoms in total. The van der Waals surface area contributed by atoms with Crippen LogP contribution in [-0.4, -0.2) is 24.0 Å². The fraction of sp³-hybridized carbons (Fsp3) is 0.417. The van der Waals surface area contributed by atoms with Gasteiger partial charge in [0, 0.05) is 17.8 Å². The number of esters is 1. The third-order valence-electron chi connectivity index (χ3n) is 2.28. The van der Waals surface area contributed by atoms with Crippen LogP contribution in [-0.2, 0) is 9.53 Å². The average molecular weight is 252 g/mol. The van der Waals surface area contributed by atoms with Gasteiger partial charge in [-0.15, -0.1) is 0 Å². The Balaban J connectivity index is 2.34. The zero-order valence-electron chi connectivity index (χ0n) is 10.2. The van der Waals surface area contributed by atoms with Crippen molar-refractivity contribution >= 4 is 17.3 Å². The van der Waals surface area contributed by atoms with Gasteiger partial charge in [-0.2, -0.15) is 0 Å². The van der Waals surface area contributed by atoms with Crippen LogP contribution in [0.3, 0.4) is 0 Å². The molecule has 0 aliphatic carbocycles. The summed E-state index contributed by atoms with van der Waals surface area (Å²) in [5.41, 5.74) is 0.666. The van der Waals surface area contributed by atoms with Gasteiger partial charge < -0.3 is 10.1 Å². The van der Waals surface area contributed by atoms with Gasteiger partial charge in [0.1, 0.15) is 6.54 Å². The highest BCUT2D eigenvalue weighted by Crippen LogP contribution is 2.14. The molecule has 0 aromatic heterocycles. The lowest BCUT2D eigenvalue weighted by Gasteiger charge is -2.06. The van der Waals surface area contributed by atoms with Crippen molar-refractivity contribution in [2.24, 2.45) is 0 Å². The molecule has 0 heterocycles. The summed E-state index contributed by atoms with van der Waals surface area (Å²) in [6, 6.07) is 5.87. The highest BCUT2D eigenvalue weighted by atomic mass is 16.6. The Labute approximate surface area is 105 Å². The van der Waals surface area contributed by atoms with E-state index < -0.39 is 4.92 Å².